The molecule has 10 heteroatoms. The van der Waals surface area contributed by atoms with Crippen LogP contribution in [0.2, 0.25) is 0 Å². The second kappa shape index (κ2) is 8.92. The van der Waals surface area contributed by atoms with Crippen LogP contribution in [0.25, 0.3) is 10.9 Å². The summed E-state index contributed by atoms with van der Waals surface area (Å²) in [7, 11) is -4.05. The number of nitrogens with zero attached hydrogens (tertiary/aromatic N) is 4. The van der Waals surface area contributed by atoms with Gasteiger partial charge in [0, 0.05) is 37.8 Å². The van der Waals surface area contributed by atoms with E-state index in [1.807, 2.05) is 35.6 Å². The maximum atomic E-state index is 12.7. The average Bonchev–Trinajstić information content (AvgIpc) is 2.93. The van der Waals surface area contributed by atoms with Crippen molar-refractivity contribution in [3.8, 4) is 6.07 Å². The number of aromatic nitrogens is 1. The number of rotatable bonds is 3. The molecular formula is C22H29N5O4S. The molecule has 0 bridgehead atoms. The monoisotopic (exact) mass is 459 g/mol. The summed E-state index contributed by atoms with van der Waals surface area (Å²) in [5.74, 6) is 0. The van der Waals surface area contributed by atoms with Crippen LogP contribution in [-0.2, 0) is 14.9 Å². The van der Waals surface area contributed by atoms with Crippen molar-refractivity contribution in [1.29, 1.82) is 5.26 Å². The Balaban J connectivity index is 1.86. The van der Waals surface area contributed by atoms with Gasteiger partial charge in [0.25, 0.3) is 0 Å². The first-order valence-corrected chi connectivity index (χ1v) is 11.9. The zero-order chi connectivity index (χ0) is 23.7. The summed E-state index contributed by atoms with van der Waals surface area (Å²) < 4.78 is 33.8. The van der Waals surface area contributed by atoms with Crippen LogP contribution in [0.3, 0.4) is 0 Å². The maximum absolute atomic E-state index is 12.7. The van der Waals surface area contributed by atoms with Crippen molar-refractivity contribution in [2.24, 2.45) is 0 Å². The van der Waals surface area contributed by atoms with Gasteiger partial charge in [-0.15, -0.1) is 0 Å². The number of nitrogens with one attached hydrogen (secondary N) is 1. The first-order chi connectivity index (χ1) is 14.9. The third-order valence-electron chi connectivity index (χ3n) is 5.30. The number of benzene rings is 1. The highest BCUT2D eigenvalue weighted by molar-refractivity contribution is 7.87. The number of aryl methyl sites for hydroxylation is 2. The fraction of sp³-hybridized carbons (Fsp3) is 0.500. The zero-order valence-corrected chi connectivity index (χ0v) is 19.9. The van der Waals surface area contributed by atoms with Crippen LogP contribution < -0.4 is 9.62 Å². The van der Waals surface area contributed by atoms with Crippen molar-refractivity contribution in [2.45, 2.75) is 46.6 Å². The minimum absolute atomic E-state index is 0.164. The number of anilines is 1. The molecule has 0 aliphatic carbocycles. The Morgan fingerprint density at radius 2 is 1.84 bits per heavy atom. The van der Waals surface area contributed by atoms with Gasteiger partial charge >= 0.3 is 16.3 Å². The summed E-state index contributed by atoms with van der Waals surface area (Å²) in [6.45, 7) is 10.4. The Morgan fingerprint density at radius 1 is 1.16 bits per heavy atom. The van der Waals surface area contributed by atoms with Gasteiger partial charge in [-0.1, -0.05) is 0 Å². The standard InChI is InChI=1S/C22H29N5O4S/c1-15-11-18-19(12-16(15)2)24-14-17(13-23)20(18)26-7-6-8-27(10-9-26)32(29,30)25-21(28)31-22(3,4)5/h11-12,14H,6-10H2,1-5H3,(H,25,28). The molecule has 0 saturated carbocycles. The topological polar surface area (TPSA) is 116 Å². The van der Waals surface area contributed by atoms with E-state index in [9.17, 15) is 18.5 Å². The van der Waals surface area contributed by atoms with E-state index in [2.05, 4.69) is 11.1 Å². The Morgan fingerprint density at radius 3 is 2.50 bits per heavy atom. The smallest absolute Gasteiger partial charge is 0.422 e. The molecule has 2 heterocycles. The van der Waals surface area contributed by atoms with Crippen LogP contribution in [0.15, 0.2) is 18.3 Å². The summed E-state index contributed by atoms with van der Waals surface area (Å²) in [6.07, 6.45) is 1.10. The Hall–Kier alpha value is -2.90. The molecule has 0 radical (unpaired) electrons. The molecule has 1 fully saturated rings. The van der Waals surface area contributed by atoms with Gasteiger partial charge < -0.3 is 9.64 Å². The van der Waals surface area contributed by atoms with Gasteiger partial charge in [-0.05, 0) is 64.3 Å². The minimum atomic E-state index is -4.05. The van der Waals surface area contributed by atoms with Crippen molar-refractivity contribution in [3.63, 3.8) is 0 Å². The third kappa shape index (κ3) is 5.29. The lowest BCUT2D eigenvalue weighted by Gasteiger charge is -2.26. The molecule has 2 aromatic rings. The molecule has 0 unspecified atom stereocenters. The largest absolute Gasteiger partial charge is 0.443 e. The number of hydrogen-bond acceptors (Lipinski definition) is 7. The van der Waals surface area contributed by atoms with Crippen LogP contribution in [0.5, 0.6) is 0 Å². The third-order valence-corrected chi connectivity index (χ3v) is 6.77. The average molecular weight is 460 g/mol. The number of hydrogen-bond donors (Lipinski definition) is 1. The molecule has 1 aliphatic rings. The first-order valence-electron chi connectivity index (χ1n) is 10.5. The van der Waals surface area contributed by atoms with Crippen LogP contribution in [-0.4, -0.2) is 55.6 Å². The molecule has 1 saturated heterocycles. The first kappa shape index (κ1) is 23.8. The van der Waals surface area contributed by atoms with E-state index in [1.165, 1.54) is 4.31 Å². The van der Waals surface area contributed by atoms with Gasteiger partial charge in [0.05, 0.1) is 16.8 Å². The summed E-state index contributed by atoms with van der Waals surface area (Å²) in [5.41, 5.74) is 3.41. The van der Waals surface area contributed by atoms with E-state index >= 15 is 0 Å². The van der Waals surface area contributed by atoms with Crippen LogP contribution in [0.1, 0.15) is 43.9 Å². The zero-order valence-electron chi connectivity index (χ0n) is 19.1. The molecule has 1 aromatic heterocycles. The summed E-state index contributed by atoms with van der Waals surface area (Å²) in [5, 5.41) is 10.6. The van der Waals surface area contributed by atoms with E-state index in [4.69, 9.17) is 4.74 Å². The Labute approximate surface area is 189 Å². The van der Waals surface area contributed by atoms with Gasteiger partial charge in [-0.2, -0.15) is 18.0 Å². The van der Waals surface area contributed by atoms with Crippen molar-refractivity contribution >= 4 is 32.9 Å². The Kier molecular flexibility index (Phi) is 6.62. The van der Waals surface area contributed by atoms with E-state index in [0.29, 0.717) is 25.1 Å². The normalized spacial score (nSPS) is 15.8. The number of fused-ring (bicyclic) bond motifs is 1. The summed E-state index contributed by atoms with van der Waals surface area (Å²) in [6, 6.07) is 6.24. The highest BCUT2D eigenvalue weighted by atomic mass is 32.2. The van der Waals surface area contributed by atoms with Gasteiger partial charge in [0.15, 0.2) is 0 Å². The fourth-order valence-electron chi connectivity index (χ4n) is 3.69. The predicted molar refractivity (Wildman–Crippen MR) is 123 cm³/mol. The van der Waals surface area contributed by atoms with Crippen molar-refractivity contribution in [2.75, 3.05) is 31.1 Å². The number of amides is 1. The molecule has 0 atom stereocenters. The van der Waals surface area contributed by atoms with Gasteiger partial charge in [0.2, 0.25) is 0 Å². The van der Waals surface area contributed by atoms with Crippen molar-refractivity contribution < 1.29 is 17.9 Å². The van der Waals surface area contributed by atoms with E-state index in [1.54, 1.807) is 27.0 Å². The second-order valence-corrected chi connectivity index (χ2v) is 10.6. The number of pyridine rings is 1. The molecular weight excluding hydrogens is 430 g/mol. The van der Waals surface area contributed by atoms with Crippen molar-refractivity contribution in [1.82, 2.24) is 14.0 Å². The van der Waals surface area contributed by atoms with Crippen LogP contribution in [0, 0.1) is 25.2 Å². The lowest BCUT2D eigenvalue weighted by atomic mass is 10.0. The number of carbonyl (C=O) groups excluding carboxylic acids is 1. The van der Waals surface area contributed by atoms with E-state index < -0.39 is 21.9 Å². The van der Waals surface area contributed by atoms with Crippen LogP contribution in [0.4, 0.5) is 10.5 Å². The lowest BCUT2D eigenvalue weighted by molar-refractivity contribution is 0.0567. The SMILES string of the molecule is Cc1cc2ncc(C#N)c(N3CCCN(S(=O)(=O)NC(=O)OC(C)(C)C)CC3)c2cc1C. The predicted octanol–water partition coefficient (Wildman–Crippen LogP) is 3.00. The number of ether oxygens (including phenoxy) is 1. The number of nitriles is 1. The Bertz CT molecular complexity index is 1180. The highest BCUT2D eigenvalue weighted by Gasteiger charge is 2.30. The molecule has 3 rings (SSSR count). The molecule has 1 amide bonds. The quantitative estimate of drug-likeness (QED) is 0.750. The molecule has 172 valence electrons. The van der Waals surface area contributed by atoms with Gasteiger partial charge in [0.1, 0.15) is 11.7 Å². The molecule has 32 heavy (non-hydrogen) atoms. The number of carbonyl (C=O) groups is 1. The van der Waals surface area contributed by atoms with Gasteiger partial charge in [-0.25, -0.2) is 9.52 Å². The van der Waals surface area contributed by atoms with Crippen molar-refractivity contribution in [3.05, 3.63) is 35.0 Å². The summed E-state index contributed by atoms with van der Waals surface area (Å²) >= 11 is 0. The lowest BCUT2D eigenvalue weighted by Crippen LogP contribution is -2.46. The molecule has 1 N–H and O–H groups in total. The molecule has 1 aromatic carbocycles. The minimum Gasteiger partial charge on any atom is -0.443 e. The maximum Gasteiger partial charge on any atom is 0.422 e. The summed E-state index contributed by atoms with van der Waals surface area (Å²) in [4.78, 5) is 18.4. The van der Waals surface area contributed by atoms with Gasteiger partial charge in [-0.3, -0.25) is 4.98 Å². The highest BCUT2D eigenvalue weighted by Crippen LogP contribution is 2.32. The molecule has 9 nitrogen and oxygen atoms in total. The fourth-order valence-corrected chi connectivity index (χ4v) is 4.76. The molecule has 1 aliphatic heterocycles. The van der Waals surface area contributed by atoms with Crippen LogP contribution >= 0.6 is 0 Å². The van der Waals surface area contributed by atoms with E-state index in [0.717, 1.165) is 27.7 Å². The van der Waals surface area contributed by atoms with E-state index in [-0.39, 0.29) is 13.1 Å². The second-order valence-electron chi connectivity index (χ2n) is 8.93. The molecule has 0 spiro atoms.